The monoisotopic (exact) mass is 429 g/mol. The number of carbonyl (C=O) groups is 3. The van der Waals surface area contributed by atoms with Gasteiger partial charge in [0.15, 0.2) is 0 Å². The van der Waals surface area contributed by atoms with Crippen molar-refractivity contribution in [2.75, 3.05) is 4.90 Å². The first kappa shape index (κ1) is 18.3. The molecule has 6 heteroatoms. The van der Waals surface area contributed by atoms with E-state index in [4.69, 9.17) is 11.6 Å². The van der Waals surface area contributed by atoms with Crippen LogP contribution in [-0.4, -0.2) is 22.9 Å². The van der Waals surface area contributed by atoms with Gasteiger partial charge in [-0.2, -0.15) is 0 Å². The zero-order valence-corrected chi connectivity index (χ0v) is 16.9. The summed E-state index contributed by atoms with van der Waals surface area (Å²) < 4.78 is 0. The molecule has 3 aliphatic carbocycles. The number of hydrogen-bond acceptors (Lipinski definition) is 3. The molecule has 0 saturated carbocycles. The van der Waals surface area contributed by atoms with Crippen molar-refractivity contribution in [3.05, 3.63) is 100 Å². The van der Waals surface area contributed by atoms with Gasteiger partial charge in [0.2, 0.25) is 11.8 Å². The Morgan fingerprint density at radius 3 is 1.97 bits per heavy atom. The van der Waals surface area contributed by atoms with Gasteiger partial charge in [0.25, 0.3) is 0 Å². The highest BCUT2D eigenvalue weighted by Crippen LogP contribution is 2.64. The molecule has 2 atom stereocenters. The van der Waals surface area contributed by atoms with E-state index in [0.29, 0.717) is 16.8 Å². The minimum absolute atomic E-state index is 0.273. The number of aliphatic carboxylic acids is 1. The van der Waals surface area contributed by atoms with E-state index in [1.807, 2.05) is 24.3 Å². The Labute approximate surface area is 182 Å². The van der Waals surface area contributed by atoms with E-state index in [1.54, 1.807) is 48.5 Å². The Hall–Kier alpha value is -3.44. The Morgan fingerprint density at radius 1 is 0.839 bits per heavy atom. The van der Waals surface area contributed by atoms with Crippen LogP contribution in [0.15, 0.2) is 72.8 Å². The van der Waals surface area contributed by atoms with E-state index < -0.39 is 35.0 Å². The summed E-state index contributed by atoms with van der Waals surface area (Å²) in [4.78, 5) is 41.7. The average Bonchev–Trinajstić information content (AvgIpc) is 3.05. The molecule has 3 aromatic rings. The molecule has 1 fully saturated rings. The van der Waals surface area contributed by atoms with Crippen LogP contribution in [0.5, 0.6) is 0 Å². The lowest BCUT2D eigenvalue weighted by molar-refractivity contribution is -0.149. The minimum atomic E-state index is -1.63. The molecule has 1 aliphatic heterocycles. The number of imide groups is 1. The second-order valence-corrected chi connectivity index (χ2v) is 8.64. The second kappa shape index (κ2) is 6.05. The molecule has 1 N–H and O–H groups in total. The van der Waals surface area contributed by atoms with Crippen LogP contribution >= 0.6 is 11.6 Å². The molecule has 2 bridgehead atoms. The fraction of sp³-hybridized carbons (Fsp3) is 0.160. The largest absolute Gasteiger partial charge is 0.480 e. The lowest BCUT2D eigenvalue weighted by Crippen LogP contribution is -2.57. The summed E-state index contributed by atoms with van der Waals surface area (Å²) in [5, 5.41) is 10.9. The lowest BCUT2D eigenvalue weighted by Gasteiger charge is -2.51. The highest BCUT2D eigenvalue weighted by atomic mass is 35.5. The number of benzene rings is 3. The van der Waals surface area contributed by atoms with Crippen LogP contribution in [0.1, 0.15) is 28.2 Å². The van der Waals surface area contributed by atoms with Crippen molar-refractivity contribution >= 4 is 35.1 Å². The number of halogens is 1. The van der Waals surface area contributed by atoms with Gasteiger partial charge in [0.1, 0.15) is 5.41 Å². The number of amides is 2. The zero-order chi connectivity index (χ0) is 21.5. The number of para-hydroxylation sites is 1. The lowest BCUT2D eigenvalue weighted by atomic mass is 9.47. The van der Waals surface area contributed by atoms with Crippen LogP contribution in [0.25, 0.3) is 0 Å². The first-order valence-electron chi connectivity index (χ1n) is 10.0. The fourth-order valence-electron chi connectivity index (χ4n) is 6.01. The van der Waals surface area contributed by atoms with E-state index >= 15 is 0 Å². The molecule has 1 saturated heterocycles. The standard InChI is InChI=1S/C25H16ClNO4/c26-17-11-5-6-12-18(17)27-22(28)20-19-13-7-1-3-9-15(13)25(24(30)31,21(20)23(27)29)16-10-4-2-8-14(16)19/h1-12,19-21H,(H,30,31). The van der Waals surface area contributed by atoms with Gasteiger partial charge in [0, 0.05) is 5.92 Å². The van der Waals surface area contributed by atoms with E-state index in [0.717, 1.165) is 16.0 Å². The molecule has 0 radical (unpaired) electrons. The summed E-state index contributed by atoms with van der Waals surface area (Å²) in [7, 11) is 0. The predicted molar refractivity (Wildman–Crippen MR) is 114 cm³/mol. The second-order valence-electron chi connectivity index (χ2n) is 8.23. The molecule has 2 amide bonds. The summed E-state index contributed by atoms with van der Waals surface area (Å²) >= 11 is 6.33. The Balaban J connectivity index is 1.69. The average molecular weight is 430 g/mol. The maximum atomic E-state index is 13.8. The van der Waals surface area contributed by atoms with E-state index in [-0.39, 0.29) is 10.9 Å². The third-order valence-corrected chi connectivity index (χ3v) is 7.37. The minimum Gasteiger partial charge on any atom is -0.480 e. The maximum Gasteiger partial charge on any atom is 0.319 e. The fourth-order valence-corrected chi connectivity index (χ4v) is 6.23. The first-order chi connectivity index (χ1) is 15.0. The molecule has 1 heterocycles. The SMILES string of the molecule is O=C1C2C3c4ccccc4C(C(=O)O)(c4ccccc43)C2C(=O)N1c1ccccc1Cl. The normalized spacial score (nSPS) is 27.6. The van der Waals surface area contributed by atoms with Gasteiger partial charge < -0.3 is 5.11 Å². The quantitative estimate of drug-likeness (QED) is 0.625. The van der Waals surface area contributed by atoms with Crippen molar-refractivity contribution in [1.82, 2.24) is 0 Å². The van der Waals surface area contributed by atoms with Crippen molar-refractivity contribution in [3.8, 4) is 0 Å². The van der Waals surface area contributed by atoms with Crippen molar-refractivity contribution in [2.45, 2.75) is 11.3 Å². The summed E-state index contributed by atoms with van der Waals surface area (Å²) in [6.45, 7) is 0. The van der Waals surface area contributed by atoms with Crippen molar-refractivity contribution in [1.29, 1.82) is 0 Å². The Bertz CT molecular complexity index is 1270. The molecule has 2 unspecified atom stereocenters. The maximum absolute atomic E-state index is 13.8. The highest BCUT2D eigenvalue weighted by molar-refractivity contribution is 6.36. The summed E-state index contributed by atoms with van der Waals surface area (Å²) in [6.07, 6.45) is 0. The van der Waals surface area contributed by atoms with Gasteiger partial charge in [-0.05, 0) is 34.4 Å². The predicted octanol–water partition coefficient (Wildman–Crippen LogP) is 3.98. The molecular weight excluding hydrogens is 414 g/mol. The van der Waals surface area contributed by atoms with Crippen molar-refractivity contribution in [2.24, 2.45) is 11.8 Å². The third kappa shape index (κ3) is 2.00. The number of carboxylic acid groups (broad SMARTS) is 1. The molecule has 4 aliphatic rings. The molecule has 3 aromatic carbocycles. The van der Waals surface area contributed by atoms with Gasteiger partial charge >= 0.3 is 5.97 Å². The van der Waals surface area contributed by atoms with E-state index in [2.05, 4.69) is 0 Å². The summed E-state index contributed by atoms with van der Waals surface area (Å²) in [5.41, 5.74) is 1.44. The number of carbonyl (C=O) groups excluding carboxylic acids is 2. The van der Waals surface area contributed by atoms with Gasteiger partial charge in [-0.15, -0.1) is 0 Å². The van der Waals surface area contributed by atoms with Crippen LogP contribution < -0.4 is 4.90 Å². The van der Waals surface area contributed by atoms with Gasteiger partial charge in [0.05, 0.1) is 22.5 Å². The van der Waals surface area contributed by atoms with Gasteiger partial charge in [-0.25, -0.2) is 4.90 Å². The summed E-state index contributed by atoms with van der Waals surface area (Å²) in [5.74, 6) is -4.26. The van der Waals surface area contributed by atoms with Crippen LogP contribution in [-0.2, 0) is 19.8 Å². The van der Waals surface area contributed by atoms with E-state index in [1.165, 1.54) is 0 Å². The molecule has 31 heavy (non-hydrogen) atoms. The molecule has 0 spiro atoms. The first-order valence-corrected chi connectivity index (χ1v) is 10.4. The number of anilines is 1. The Kier molecular flexibility index (Phi) is 3.58. The molecule has 5 nitrogen and oxygen atoms in total. The van der Waals surface area contributed by atoms with Crippen LogP contribution in [0.2, 0.25) is 5.02 Å². The van der Waals surface area contributed by atoms with Crippen molar-refractivity contribution < 1.29 is 19.5 Å². The number of hydrogen-bond donors (Lipinski definition) is 1. The molecule has 7 rings (SSSR count). The van der Waals surface area contributed by atoms with Crippen molar-refractivity contribution in [3.63, 3.8) is 0 Å². The van der Waals surface area contributed by atoms with Crippen LogP contribution in [0.4, 0.5) is 5.69 Å². The molecule has 152 valence electrons. The number of rotatable bonds is 2. The molecular formula is C25H16ClNO4. The topological polar surface area (TPSA) is 74.7 Å². The Morgan fingerprint density at radius 2 is 1.39 bits per heavy atom. The molecule has 0 aromatic heterocycles. The third-order valence-electron chi connectivity index (χ3n) is 7.05. The number of carboxylic acids is 1. The highest BCUT2D eigenvalue weighted by Gasteiger charge is 2.71. The zero-order valence-electron chi connectivity index (χ0n) is 16.2. The van der Waals surface area contributed by atoms with Gasteiger partial charge in [-0.1, -0.05) is 72.3 Å². The summed E-state index contributed by atoms with van der Waals surface area (Å²) in [6, 6.07) is 21.2. The van der Waals surface area contributed by atoms with Gasteiger partial charge in [-0.3, -0.25) is 14.4 Å². The van der Waals surface area contributed by atoms with Crippen LogP contribution in [0.3, 0.4) is 0 Å². The van der Waals surface area contributed by atoms with Crippen LogP contribution in [0, 0.1) is 11.8 Å². The smallest absolute Gasteiger partial charge is 0.319 e. The van der Waals surface area contributed by atoms with E-state index in [9.17, 15) is 19.5 Å². The number of nitrogens with zero attached hydrogens (tertiary/aromatic N) is 1.